The highest BCUT2D eigenvalue weighted by Crippen LogP contribution is 2.24. The molecule has 2 N–H and O–H groups in total. The molecule has 0 bridgehead atoms. The van der Waals surface area contributed by atoms with Crippen molar-refractivity contribution in [2.75, 3.05) is 44.2 Å². The predicted octanol–water partition coefficient (Wildman–Crippen LogP) is 2.76. The summed E-state index contributed by atoms with van der Waals surface area (Å²) in [7, 11) is 0. The monoisotopic (exact) mass is 464 g/mol. The molecule has 1 aliphatic rings. The fourth-order valence-electron chi connectivity index (χ4n) is 4.15. The molecule has 0 radical (unpaired) electrons. The van der Waals surface area contributed by atoms with Crippen LogP contribution in [0.4, 0.5) is 10.1 Å². The van der Waals surface area contributed by atoms with E-state index in [1.807, 2.05) is 42.5 Å². The number of nitrogens with one attached hydrogen (secondary N) is 2. The number of furan rings is 1. The minimum Gasteiger partial charge on any atom is -0.468 e. The number of rotatable bonds is 8. The normalized spacial score (nSPS) is 15.0. The lowest BCUT2D eigenvalue weighted by molar-refractivity contribution is -0.139. The minimum atomic E-state index is -0.658. The first-order chi connectivity index (χ1) is 16.6. The summed E-state index contributed by atoms with van der Waals surface area (Å²) in [5, 5.41) is 5.43. The van der Waals surface area contributed by atoms with E-state index in [4.69, 9.17) is 4.42 Å². The second-order valence-corrected chi connectivity index (χ2v) is 8.23. The van der Waals surface area contributed by atoms with E-state index in [1.54, 1.807) is 18.4 Å². The van der Waals surface area contributed by atoms with Crippen molar-refractivity contribution in [2.24, 2.45) is 0 Å². The molecular formula is C26H29FN4O3. The number of carbonyl (C=O) groups excluding carboxylic acids is 2. The molecule has 3 aromatic rings. The third-order valence-electron chi connectivity index (χ3n) is 6.02. The summed E-state index contributed by atoms with van der Waals surface area (Å²) in [5.74, 6) is -0.815. The van der Waals surface area contributed by atoms with Gasteiger partial charge in [-0.05, 0) is 48.4 Å². The molecule has 1 atom stereocenters. The lowest BCUT2D eigenvalue weighted by Crippen LogP contribution is -2.50. The smallest absolute Gasteiger partial charge is 0.309 e. The van der Waals surface area contributed by atoms with Crippen molar-refractivity contribution in [3.63, 3.8) is 0 Å². The number of anilines is 1. The van der Waals surface area contributed by atoms with Crippen molar-refractivity contribution in [1.29, 1.82) is 0 Å². The molecule has 7 nitrogen and oxygen atoms in total. The summed E-state index contributed by atoms with van der Waals surface area (Å²) in [6, 6.07) is 19.8. The first kappa shape index (κ1) is 23.5. The molecule has 4 rings (SSSR count). The second kappa shape index (κ2) is 11.5. The van der Waals surface area contributed by atoms with Crippen LogP contribution in [-0.4, -0.2) is 56.0 Å². The van der Waals surface area contributed by atoms with Crippen molar-refractivity contribution >= 4 is 17.5 Å². The Kier molecular flexibility index (Phi) is 7.93. The summed E-state index contributed by atoms with van der Waals surface area (Å²) in [6.07, 6.45) is 2.27. The van der Waals surface area contributed by atoms with Gasteiger partial charge in [0.15, 0.2) is 0 Å². The average Bonchev–Trinajstić information content (AvgIpc) is 3.40. The molecule has 0 aliphatic carbocycles. The lowest BCUT2D eigenvalue weighted by atomic mass is 10.1. The molecule has 0 saturated carbocycles. The van der Waals surface area contributed by atoms with E-state index in [1.165, 1.54) is 12.1 Å². The van der Waals surface area contributed by atoms with E-state index in [0.717, 1.165) is 43.2 Å². The number of amides is 2. The van der Waals surface area contributed by atoms with E-state index >= 15 is 0 Å². The first-order valence-corrected chi connectivity index (χ1v) is 11.5. The maximum absolute atomic E-state index is 13.2. The molecule has 8 heteroatoms. The van der Waals surface area contributed by atoms with Crippen LogP contribution in [0.1, 0.15) is 17.4 Å². The summed E-state index contributed by atoms with van der Waals surface area (Å²) < 4.78 is 18.9. The van der Waals surface area contributed by atoms with Gasteiger partial charge in [0.1, 0.15) is 11.6 Å². The highest BCUT2D eigenvalue weighted by Gasteiger charge is 2.28. The number of benzene rings is 2. The van der Waals surface area contributed by atoms with Crippen molar-refractivity contribution in [1.82, 2.24) is 15.5 Å². The van der Waals surface area contributed by atoms with E-state index in [0.29, 0.717) is 13.0 Å². The third-order valence-corrected chi connectivity index (χ3v) is 6.02. The molecule has 1 aliphatic heterocycles. The molecule has 1 saturated heterocycles. The number of carbonyl (C=O) groups is 2. The maximum atomic E-state index is 13.2. The fourth-order valence-corrected chi connectivity index (χ4v) is 4.15. The Morgan fingerprint density at radius 1 is 0.882 bits per heavy atom. The van der Waals surface area contributed by atoms with Gasteiger partial charge in [0.2, 0.25) is 0 Å². The zero-order valence-electron chi connectivity index (χ0n) is 19.0. The van der Waals surface area contributed by atoms with Crippen LogP contribution in [-0.2, 0) is 16.0 Å². The van der Waals surface area contributed by atoms with Crippen LogP contribution >= 0.6 is 0 Å². The highest BCUT2D eigenvalue weighted by molar-refractivity contribution is 6.35. The summed E-state index contributed by atoms with van der Waals surface area (Å²) in [6.45, 7) is 3.65. The van der Waals surface area contributed by atoms with Gasteiger partial charge in [-0.15, -0.1) is 0 Å². The van der Waals surface area contributed by atoms with Crippen molar-refractivity contribution in [3.05, 3.63) is 90.1 Å². The van der Waals surface area contributed by atoms with Crippen LogP contribution in [0, 0.1) is 5.82 Å². The number of hydrogen-bond donors (Lipinski definition) is 2. The van der Waals surface area contributed by atoms with Crippen molar-refractivity contribution in [3.8, 4) is 0 Å². The van der Waals surface area contributed by atoms with Gasteiger partial charge in [-0.25, -0.2) is 4.39 Å². The summed E-state index contributed by atoms with van der Waals surface area (Å²) >= 11 is 0. The largest absolute Gasteiger partial charge is 0.468 e. The third kappa shape index (κ3) is 6.23. The molecule has 0 unspecified atom stereocenters. The van der Waals surface area contributed by atoms with Gasteiger partial charge in [0.25, 0.3) is 0 Å². The Hall–Kier alpha value is -3.65. The highest BCUT2D eigenvalue weighted by atomic mass is 19.1. The van der Waals surface area contributed by atoms with Crippen LogP contribution in [0.2, 0.25) is 0 Å². The van der Waals surface area contributed by atoms with E-state index in [9.17, 15) is 14.0 Å². The van der Waals surface area contributed by atoms with Gasteiger partial charge in [-0.1, -0.05) is 30.3 Å². The van der Waals surface area contributed by atoms with E-state index in [2.05, 4.69) is 20.4 Å². The van der Waals surface area contributed by atoms with Gasteiger partial charge >= 0.3 is 11.8 Å². The number of nitrogens with zero attached hydrogens (tertiary/aromatic N) is 2. The van der Waals surface area contributed by atoms with Gasteiger partial charge in [0.05, 0.1) is 12.3 Å². The molecule has 34 heavy (non-hydrogen) atoms. The van der Waals surface area contributed by atoms with Gasteiger partial charge in [0, 0.05) is 45.0 Å². The molecule has 0 spiro atoms. The Balaban J connectivity index is 1.28. The quantitative estimate of drug-likeness (QED) is 0.502. The number of halogens is 1. The second-order valence-electron chi connectivity index (χ2n) is 8.23. The van der Waals surface area contributed by atoms with Crippen LogP contribution in [0.15, 0.2) is 77.4 Å². The predicted molar refractivity (Wildman–Crippen MR) is 128 cm³/mol. The topological polar surface area (TPSA) is 77.8 Å². The Morgan fingerprint density at radius 3 is 2.26 bits per heavy atom. The summed E-state index contributed by atoms with van der Waals surface area (Å²) in [4.78, 5) is 29.1. The van der Waals surface area contributed by atoms with Crippen molar-refractivity contribution < 1.29 is 18.4 Å². The standard InChI is InChI=1S/C26H29FN4O3/c27-21-8-10-22(11-9-21)30-14-16-31(17-15-30)23(24-7-4-18-34-24)19-29-26(33)25(32)28-13-12-20-5-2-1-3-6-20/h1-11,18,23H,12-17,19H2,(H,28,32)(H,29,33)/t23-/m0/s1. The molecule has 2 heterocycles. The fraction of sp³-hybridized carbons (Fsp3) is 0.308. The van der Waals surface area contributed by atoms with Gasteiger partial charge < -0.3 is 20.0 Å². The number of piperazine rings is 1. The van der Waals surface area contributed by atoms with E-state index in [-0.39, 0.29) is 18.4 Å². The van der Waals surface area contributed by atoms with Crippen LogP contribution in [0.5, 0.6) is 0 Å². The molecular weight excluding hydrogens is 435 g/mol. The van der Waals surface area contributed by atoms with Crippen molar-refractivity contribution in [2.45, 2.75) is 12.5 Å². The SMILES string of the molecule is O=C(NCCc1ccccc1)C(=O)NC[C@@H](c1ccco1)N1CCN(c2ccc(F)cc2)CC1. The summed E-state index contributed by atoms with van der Waals surface area (Å²) in [5.41, 5.74) is 2.08. The van der Waals surface area contributed by atoms with Crippen LogP contribution in [0.25, 0.3) is 0 Å². The van der Waals surface area contributed by atoms with Crippen LogP contribution in [0.3, 0.4) is 0 Å². The van der Waals surface area contributed by atoms with E-state index < -0.39 is 11.8 Å². The molecule has 178 valence electrons. The zero-order valence-corrected chi connectivity index (χ0v) is 19.0. The Morgan fingerprint density at radius 2 is 1.59 bits per heavy atom. The van der Waals surface area contributed by atoms with Gasteiger partial charge in [-0.2, -0.15) is 0 Å². The average molecular weight is 465 g/mol. The zero-order chi connectivity index (χ0) is 23.8. The Bertz CT molecular complexity index is 1050. The molecule has 1 fully saturated rings. The Labute approximate surface area is 198 Å². The van der Waals surface area contributed by atoms with Crippen LogP contribution < -0.4 is 15.5 Å². The molecule has 1 aromatic heterocycles. The molecule has 2 aromatic carbocycles. The van der Waals surface area contributed by atoms with Gasteiger partial charge in [-0.3, -0.25) is 14.5 Å². The molecule has 2 amide bonds. The minimum absolute atomic E-state index is 0.188. The first-order valence-electron chi connectivity index (χ1n) is 11.5. The number of hydrogen-bond acceptors (Lipinski definition) is 5. The lowest BCUT2D eigenvalue weighted by Gasteiger charge is -2.39. The maximum Gasteiger partial charge on any atom is 0.309 e.